The van der Waals surface area contributed by atoms with Crippen molar-refractivity contribution in [1.82, 2.24) is 14.8 Å². The number of carbonyl (C=O) groups excluding carboxylic acids is 2. The molecule has 1 aliphatic rings. The minimum absolute atomic E-state index is 0. The Morgan fingerprint density at radius 2 is 2.08 bits per heavy atom. The molecule has 0 radical (unpaired) electrons. The lowest BCUT2D eigenvalue weighted by Gasteiger charge is -2.16. The van der Waals surface area contributed by atoms with Crippen molar-refractivity contribution in [2.24, 2.45) is 11.7 Å². The highest BCUT2D eigenvalue weighted by Crippen LogP contribution is 2.29. The summed E-state index contributed by atoms with van der Waals surface area (Å²) in [6.45, 7) is 3.42. The smallest absolute Gasteiger partial charge is 0.365 e. The Labute approximate surface area is 149 Å². The van der Waals surface area contributed by atoms with Gasteiger partial charge in [-0.15, -0.1) is 5.10 Å². The molecule has 7 N–H and O–H groups in total. The van der Waals surface area contributed by atoms with Crippen LogP contribution >= 0.6 is 0 Å². The predicted molar refractivity (Wildman–Crippen MR) is 76.9 cm³/mol. The zero-order valence-corrected chi connectivity index (χ0v) is 14.5. The Morgan fingerprint density at radius 1 is 1.44 bits per heavy atom. The number of hydrogen-bond donors (Lipinski definition) is 4. The number of esters is 1. The number of amides is 1. The van der Waals surface area contributed by atoms with Gasteiger partial charge in [-0.25, -0.2) is 14.5 Å². The van der Waals surface area contributed by atoms with E-state index < -0.39 is 42.5 Å². The van der Waals surface area contributed by atoms with Crippen molar-refractivity contribution in [2.45, 2.75) is 44.4 Å². The van der Waals surface area contributed by atoms with Gasteiger partial charge in [0.1, 0.15) is 31.2 Å². The quantitative estimate of drug-likeness (QED) is 0.352. The number of aliphatic hydroxyl groups is 2. The number of primary amides is 1. The number of quaternary nitrogens is 1. The van der Waals surface area contributed by atoms with Crippen LogP contribution in [0.25, 0.3) is 0 Å². The van der Waals surface area contributed by atoms with Crippen LogP contribution in [-0.4, -0.2) is 67.8 Å². The molecule has 0 spiro atoms. The second-order valence-corrected chi connectivity index (χ2v) is 5.94. The van der Waals surface area contributed by atoms with Gasteiger partial charge >= 0.3 is 5.97 Å². The minimum atomic E-state index is -1.34. The van der Waals surface area contributed by atoms with Crippen molar-refractivity contribution in [3.8, 4) is 0 Å². The lowest BCUT2D eigenvalue weighted by Crippen LogP contribution is -3.00. The van der Waals surface area contributed by atoms with Gasteiger partial charge in [-0.3, -0.25) is 4.79 Å². The third-order valence-corrected chi connectivity index (χ3v) is 3.82. The number of aliphatic hydroxyl groups excluding tert-OH is 2. The molecule has 0 aromatic carbocycles. The molecule has 1 aliphatic heterocycles. The first-order chi connectivity index (χ1) is 11.2. The summed E-state index contributed by atoms with van der Waals surface area (Å²) in [5.74, 6) is -1.59. The Kier molecular flexibility index (Phi) is 7.26. The van der Waals surface area contributed by atoms with Gasteiger partial charge in [-0.05, 0) is 0 Å². The summed E-state index contributed by atoms with van der Waals surface area (Å²) < 4.78 is 11.6. The molecule has 142 valence electrons. The molecule has 1 unspecified atom stereocenters. The molecule has 1 amide bonds. The molecule has 0 bridgehead atoms. The van der Waals surface area contributed by atoms with E-state index in [1.165, 1.54) is 0 Å². The highest BCUT2D eigenvalue weighted by molar-refractivity contribution is 5.88. The number of rotatable bonds is 6. The summed E-state index contributed by atoms with van der Waals surface area (Å²) in [7, 11) is 0. The van der Waals surface area contributed by atoms with Gasteiger partial charge in [0.15, 0.2) is 12.3 Å². The average Bonchev–Trinajstić information content (AvgIpc) is 3.11. The normalized spacial score (nSPS) is 27.0. The van der Waals surface area contributed by atoms with Gasteiger partial charge < -0.3 is 43.6 Å². The molecule has 0 aliphatic carbocycles. The number of nitrogens with two attached hydrogens (primary N) is 1. The fourth-order valence-corrected chi connectivity index (χ4v) is 2.14. The van der Waals surface area contributed by atoms with E-state index in [2.05, 4.69) is 15.8 Å². The van der Waals surface area contributed by atoms with Gasteiger partial charge in [-0.1, -0.05) is 13.8 Å². The lowest BCUT2D eigenvalue weighted by atomic mass is 10.1. The van der Waals surface area contributed by atoms with E-state index in [9.17, 15) is 19.8 Å². The summed E-state index contributed by atoms with van der Waals surface area (Å²) in [5, 5.41) is 23.9. The van der Waals surface area contributed by atoms with Crippen LogP contribution in [0.5, 0.6) is 0 Å². The molecule has 12 heteroatoms. The van der Waals surface area contributed by atoms with E-state index in [-0.39, 0.29) is 30.8 Å². The summed E-state index contributed by atoms with van der Waals surface area (Å²) in [6, 6.07) is -0.544. The molecule has 11 nitrogen and oxygen atoms in total. The average molecular weight is 380 g/mol. The summed E-state index contributed by atoms with van der Waals surface area (Å²) in [4.78, 5) is 26.5. The zero-order valence-electron chi connectivity index (χ0n) is 13.8. The van der Waals surface area contributed by atoms with Crippen molar-refractivity contribution in [2.75, 3.05) is 6.61 Å². The van der Waals surface area contributed by atoms with Crippen molar-refractivity contribution >= 4 is 11.9 Å². The highest BCUT2D eigenvalue weighted by atomic mass is 35.5. The molecule has 2 heterocycles. The third kappa shape index (κ3) is 4.64. The Hall–Kier alpha value is -1.79. The van der Waals surface area contributed by atoms with E-state index in [4.69, 9.17) is 15.2 Å². The van der Waals surface area contributed by atoms with E-state index in [0.29, 0.717) is 0 Å². The van der Waals surface area contributed by atoms with Gasteiger partial charge in [0.05, 0.1) is 0 Å². The van der Waals surface area contributed by atoms with Crippen molar-refractivity contribution in [3.05, 3.63) is 12.2 Å². The van der Waals surface area contributed by atoms with Gasteiger partial charge in [0.25, 0.3) is 5.91 Å². The molecular weight excluding hydrogens is 358 g/mol. The first-order valence-corrected chi connectivity index (χ1v) is 7.44. The largest absolute Gasteiger partial charge is 1.00 e. The lowest BCUT2D eigenvalue weighted by molar-refractivity contribution is -0.418. The van der Waals surface area contributed by atoms with Crippen LogP contribution in [0.15, 0.2) is 6.33 Å². The van der Waals surface area contributed by atoms with Crippen LogP contribution in [0.4, 0.5) is 0 Å². The number of halogens is 1. The van der Waals surface area contributed by atoms with Gasteiger partial charge in [-0.2, -0.15) is 0 Å². The standard InChI is InChI=1S/C13H21N5O6.ClH/c1-5(2)7(14)13(22)23-3-6-8(19)9(20)12(24-6)18-4-16-11(17-18)10(15)21;/h4-9,12,19-20H,3,14H2,1-2H3,(H2,15,21);1H/t6?,7-,8-,9-,12-;/m0./s1. The number of hydrogen-bond acceptors (Lipinski definition) is 8. The first-order valence-electron chi connectivity index (χ1n) is 7.44. The van der Waals surface area contributed by atoms with Crippen molar-refractivity contribution < 1.29 is 47.4 Å². The van der Waals surface area contributed by atoms with E-state index in [1.807, 2.05) is 13.8 Å². The molecule has 1 fully saturated rings. The second kappa shape index (κ2) is 8.54. The fourth-order valence-electron chi connectivity index (χ4n) is 2.14. The Bertz CT molecular complexity index is 611. The molecule has 5 atom stereocenters. The van der Waals surface area contributed by atoms with Crippen LogP contribution in [0, 0.1) is 5.92 Å². The fraction of sp³-hybridized carbons (Fsp3) is 0.692. The SMILES string of the molecule is CC(C)[C@H]([NH3+])C(=O)OCC1O[C@H](n2cnc(C(N)=O)n2)[C@@H](O)[C@H]1O.[Cl-]. The molecule has 1 saturated heterocycles. The molecule has 25 heavy (non-hydrogen) atoms. The van der Waals surface area contributed by atoms with Gasteiger partial charge in [0.2, 0.25) is 5.82 Å². The topological polar surface area (TPSA) is 177 Å². The van der Waals surface area contributed by atoms with Crippen molar-refractivity contribution in [3.63, 3.8) is 0 Å². The third-order valence-electron chi connectivity index (χ3n) is 3.82. The molecule has 0 saturated carbocycles. The molecule has 1 aromatic heterocycles. The van der Waals surface area contributed by atoms with Crippen LogP contribution in [0.3, 0.4) is 0 Å². The van der Waals surface area contributed by atoms with Crippen LogP contribution < -0.4 is 23.9 Å². The van der Waals surface area contributed by atoms with Crippen LogP contribution in [-0.2, 0) is 14.3 Å². The summed E-state index contributed by atoms with van der Waals surface area (Å²) >= 11 is 0. The second-order valence-electron chi connectivity index (χ2n) is 5.94. The van der Waals surface area contributed by atoms with E-state index in [1.54, 1.807) is 0 Å². The number of carbonyl (C=O) groups is 2. The van der Waals surface area contributed by atoms with Crippen molar-refractivity contribution in [1.29, 1.82) is 0 Å². The maximum Gasteiger partial charge on any atom is 0.365 e. The number of ether oxygens (including phenoxy) is 2. The molecular formula is C13H22ClN5O6. The number of aromatic nitrogens is 3. The van der Waals surface area contributed by atoms with Crippen LogP contribution in [0.2, 0.25) is 0 Å². The Morgan fingerprint density at radius 3 is 2.60 bits per heavy atom. The molecule has 1 aromatic rings. The van der Waals surface area contributed by atoms with E-state index >= 15 is 0 Å². The monoisotopic (exact) mass is 379 g/mol. The Balaban J connectivity index is 0.00000312. The summed E-state index contributed by atoms with van der Waals surface area (Å²) in [6.07, 6.45) is -3.51. The zero-order chi connectivity index (χ0) is 18.0. The first kappa shape index (κ1) is 21.3. The minimum Gasteiger partial charge on any atom is -1.00 e. The van der Waals surface area contributed by atoms with Crippen LogP contribution in [0.1, 0.15) is 30.7 Å². The highest BCUT2D eigenvalue weighted by Gasteiger charge is 2.45. The summed E-state index contributed by atoms with van der Waals surface area (Å²) in [5.41, 5.74) is 8.76. The number of nitrogens with zero attached hydrogens (tertiary/aromatic N) is 3. The van der Waals surface area contributed by atoms with Gasteiger partial charge in [0, 0.05) is 5.92 Å². The maximum absolute atomic E-state index is 11.8. The van der Waals surface area contributed by atoms with E-state index in [0.717, 1.165) is 11.0 Å². The maximum atomic E-state index is 11.8. The molecule has 2 rings (SSSR count). The predicted octanol–water partition coefficient (Wildman–Crippen LogP) is -6.19.